The van der Waals surface area contributed by atoms with Crippen LogP contribution in [-0.4, -0.2) is 24.4 Å². The van der Waals surface area contributed by atoms with E-state index in [0.29, 0.717) is 6.42 Å². The fraction of sp³-hybridized carbons (Fsp3) is 0.625. The van der Waals surface area contributed by atoms with Crippen molar-refractivity contribution in [1.82, 2.24) is 0 Å². The second kappa shape index (κ2) is 7.74. The van der Waals surface area contributed by atoms with Crippen molar-refractivity contribution < 1.29 is 19.6 Å². The first-order chi connectivity index (χ1) is 9.43. The van der Waals surface area contributed by atoms with Gasteiger partial charge >= 0.3 is 0 Å². The predicted molar refractivity (Wildman–Crippen MR) is 79.1 cm³/mol. The van der Waals surface area contributed by atoms with Crippen molar-refractivity contribution in [2.75, 3.05) is 7.11 Å². The molecule has 4 heteroatoms. The Morgan fingerprint density at radius 1 is 1.40 bits per heavy atom. The lowest BCUT2D eigenvalue weighted by Crippen LogP contribution is -2.34. The quantitative estimate of drug-likeness (QED) is 0.432. The van der Waals surface area contributed by atoms with Gasteiger partial charge in [0.1, 0.15) is 0 Å². The van der Waals surface area contributed by atoms with Gasteiger partial charge in [0.2, 0.25) is 5.79 Å². The maximum atomic E-state index is 9.20. The molecule has 0 unspecified atom stereocenters. The zero-order chi connectivity index (χ0) is 15.2. The van der Waals surface area contributed by atoms with E-state index in [0.717, 1.165) is 18.4 Å². The molecular formula is C16H26O4. The standard InChI is InChI=1S/C16H26O4/c1-12(2)7-6-8-13(3)9-10-16(20-17)14(4)11-15(18-5)19-16/h7,9,11,15,17H,6,8,10H2,1-5H3/b13-9-/t15-,16+/m1/s1. The van der Waals surface area contributed by atoms with Gasteiger partial charge in [-0.25, -0.2) is 5.26 Å². The molecule has 114 valence electrons. The molecule has 0 bridgehead atoms. The summed E-state index contributed by atoms with van der Waals surface area (Å²) < 4.78 is 10.7. The van der Waals surface area contributed by atoms with E-state index in [1.807, 2.05) is 19.1 Å². The Kier molecular flexibility index (Phi) is 6.62. The maximum absolute atomic E-state index is 9.20. The van der Waals surface area contributed by atoms with E-state index < -0.39 is 12.1 Å². The van der Waals surface area contributed by atoms with Gasteiger partial charge in [0.25, 0.3) is 0 Å². The molecule has 0 aromatic rings. The molecule has 1 N–H and O–H groups in total. The molecule has 1 heterocycles. The van der Waals surface area contributed by atoms with Crippen LogP contribution in [0.3, 0.4) is 0 Å². The van der Waals surface area contributed by atoms with Crippen LogP contribution in [0.1, 0.15) is 47.0 Å². The summed E-state index contributed by atoms with van der Waals surface area (Å²) in [5, 5.41) is 9.20. The van der Waals surface area contributed by atoms with Crippen LogP contribution in [0, 0.1) is 0 Å². The van der Waals surface area contributed by atoms with Gasteiger partial charge in [-0.3, -0.25) is 0 Å². The third kappa shape index (κ3) is 4.56. The van der Waals surface area contributed by atoms with E-state index in [2.05, 4.69) is 31.7 Å². The molecule has 0 fully saturated rings. The van der Waals surface area contributed by atoms with Crippen LogP contribution < -0.4 is 0 Å². The van der Waals surface area contributed by atoms with Crippen molar-refractivity contribution in [1.29, 1.82) is 0 Å². The Morgan fingerprint density at radius 3 is 2.60 bits per heavy atom. The SMILES string of the molecule is CO[C@H]1C=C(C)[C@](C/C=C(/C)CCC=C(C)C)(OO)O1. The van der Waals surface area contributed by atoms with E-state index in [-0.39, 0.29) is 0 Å². The summed E-state index contributed by atoms with van der Waals surface area (Å²) in [6, 6.07) is 0. The fourth-order valence-electron chi connectivity index (χ4n) is 2.10. The predicted octanol–water partition coefficient (Wildman–Crippen LogP) is 4.20. The van der Waals surface area contributed by atoms with Gasteiger partial charge in [-0.15, -0.1) is 0 Å². The Labute approximate surface area is 121 Å². The molecular weight excluding hydrogens is 256 g/mol. The molecule has 2 atom stereocenters. The first-order valence-electron chi connectivity index (χ1n) is 6.94. The number of hydrogen-bond donors (Lipinski definition) is 1. The molecule has 0 saturated carbocycles. The number of hydrogen-bond acceptors (Lipinski definition) is 4. The Bertz CT molecular complexity index is 405. The first-order valence-corrected chi connectivity index (χ1v) is 6.94. The zero-order valence-electron chi connectivity index (χ0n) is 13.1. The van der Waals surface area contributed by atoms with Gasteiger partial charge in [-0.1, -0.05) is 23.3 Å². The van der Waals surface area contributed by atoms with Crippen molar-refractivity contribution in [3.05, 3.63) is 34.9 Å². The molecule has 0 aromatic heterocycles. The number of ether oxygens (including phenoxy) is 2. The Balaban J connectivity index is 2.61. The molecule has 20 heavy (non-hydrogen) atoms. The average Bonchev–Trinajstić information content (AvgIpc) is 2.73. The highest BCUT2D eigenvalue weighted by atomic mass is 17.1. The second-order valence-corrected chi connectivity index (χ2v) is 5.49. The molecule has 4 nitrogen and oxygen atoms in total. The summed E-state index contributed by atoms with van der Waals surface area (Å²) in [6.45, 7) is 8.13. The van der Waals surface area contributed by atoms with Crippen LogP contribution in [0.4, 0.5) is 0 Å². The van der Waals surface area contributed by atoms with Crippen molar-refractivity contribution in [3.8, 4) is 0 Å². The van der Waals surface area contributed by atoms with Crippen molar-refractivity contribution in [2.45, 2.75) is 59.0 Å². The normalized spacial score (nSPS) is 26.6. The summed E-state index contributed by atoms with van der Waals surface area (Å²) in [6.07, 6.45) is 8.08. The second-order valence-electron chi connectivity index (χ2n) is 5.49. The lowest BCUT2D eigenvalue weighted by Gasteiger charge is -2.26. The van der Waals surface area contributed by atoms with Gasteiger partial charge < -0.3 is 9.47 Å². The van der Waals surface area contributed by atoms with Crippen LogP contribution in [-0.2, 0) is 14.4 Å². The fourth-order valence-corrected chi connectivity index (χ4v) is 2.10. The van der Waals surface area contributed by atoms with Crippen molar-refractivity contribution in [2.24, 2.45) is 0 Å². The monoisotopic (exact) mass is 282 g/mol. The average molecular weight is 282 g/mol. The summed E-state index contributed by atoms with van der Waals surface area (Å²) >= 11 is 0. The molecule has 0 aliphatic carbocycles. The summed E-state index contributed by atoms with van der Waals surface area (Å²) in [5.74, 6) is -1.11. The molecule has 1 rings (SSSR count). The highest BCUT2D eigenvalue weighted by Crippen LogP contribution is 2.35. The number of methoxy groups -OCH3 is 1. The largest absolute Gasteiger partial charge is 0.352 e. The highest BCUT2D eigenvalue weighted by molar-refractivity contribution is 5.19. The third-order valence-corrected chi connectivity index (χ3v) is 3.48. The Morgan fingerprint density at radius 2 is 2.10 bits per heavy atom. The van der Waals surface area contributed by atoms with Crippen LogP contribution in [0.15, 0.2) is 34.9 Å². The molecule has 0 radical (unpaired) electrons. The van der Waals surface area contributed by atoms with E-state index in [1.54, 1.807) is 7.11 Å². The highest BCUT2D eigenvalue weighted by Gasteiger charge is 2.41. The van der Waals surface area contributed by atoms with Gasteiger partial charge in [-0.2, -0.15) is 4.89 Å². The minimum absolute atomic E-state index is 0.465. The molecule has 0 saturated heterocycles. The van der Waals surface area contributed by atoms with E-state index in [9.17, 15) is 5.26 Å². The van der Waals surface area contributed by atoms with E-state index >= 15 is 0 Å². The third-order valence-electron chi connectivity index (χ3n) is 3.48. The summed E-state index contributed by atoms with van der Waals surface area (Å²) in [5.41, 5.74) is 3.39. The van der Waals surface area contributed by atoms with Crippen LogP contribution in [0.5, 0.6) is 0 Å². The van der Waals surface area contributed by atoms with Crippen LogP contribution in [0.2, 0.25) is 0 Å². The van der Waals surface area contributed by atoms with Gasteiger partial charge in [-0.05, 0) is 52.2 Å². The lowest BCUT2D eigenvalue weighted by atomic mass is 10.0. The lowest BCUT2D eigenvalue weighted by molar-refractivity contribution is -0.399. The van der Waals surface area contributed by atoms with Crippen molar-refractivity contribution in [3.63, 3.8) is 0 Å². The van der Waals surface area contributed by atoms with Gasteiger partial charge in [0, 0.05) is 13.5 Å². The smallest absolute Gasteiger partial charge is 0.229 e. The molecule has 1 aliphatic heterocycles. The number of rotatable bonds is 7. The van der Waals surface area contributed by atoms with Crippen LogP contribution >= 0.6 is 0 Å². The Hall–Kier alpha value is -0.940. The van der Waals surface area contributed by atoms with Gasteiger partial charge in [0.15, 0.2) is 6.29 Å². The maximum Gasteiger partial charge on any atom is 0.229 e. The minimum atomic E-state index is -1.11. The minimum Gasteiger partial charge on any atom is -0.352 e. The zero-order valence-corrected chi connectivity index (χ0v) is 13.1. The van der Waals surface area contributed by atoms with Gasteiger partial charge in [0.05, 0.1) is 0 Å². The summed E-state index contributed by atoms with van der Waals surface area (Å²) in [7, 11) is 1.56. The van der Waals surface area contributed by atoms with Crippen LogP contribution in [0.25, 0.3) is 0 Å². The number of allylic oxidation sites excluding steroid dienone is 3. The molecule has 0 amide bonds. The molecule has 1 aliphatic rings. The molecule has 0 aromatic carbocycles. The van der Waals surface area contributed by atoms with E-state index in [4.69, 9.17) is 9.47 Å². The first kappa shape index (κ1) is 17.1. The topological polar surface area (TPSA) is 47.9 Å². The summed E-state index contributed by atoms with van der Waals surface area (Å²) in [4.78, 5) is 4.61. The van der Waals surface area contributed by atoms with E-state index in [1.165, 1.54) is 11.1 Å². The molecule has 0 spiro atoms. The van der Waals surface area contributed by atoms with Crippen molar-refractivity contribution >= 4 is 0 Å².